The maximum Gasteiger partial charge on any atom is 0.278 e. The van der Waals surface area contributed by atoms with Crippen LogP contribution >= 0.6 is 0 Å². The topological polar surface area (TPSA) is 106 Å². The molecule has 1 fully saturated rings. The maximum absolute atomic E-state index is 12.4. The number of rotatable bonds is 6. The zero-order valence-corrected chi connectivity index (χ0v) is 16.0. The molecule has 1 atom stereocenters. The lowest BCUT2D eigenvalue weighted by atomic mass is 10.1. The highest BCUT2D eigenvalue weighted by Gasteiger charge is 2.29. The third-order valence-electron chi connectivity index (χ3n) is 4.93. The Balaban J connectivity index is 1.38. The monoisotopic (exact) mass is 391 g/mol. The molecule has 1 aromatic heterocycles. The predicted molar refractivity (Wildman–Crippen MR) is 108 cm³/mol. The Morgan fingerprint density at radius 1 is 1.14 bits per heavy atom. The number of aromatic nitrogens is 3. The molecule has 4 rings (SSSR count). The van der Waals surface area contributed by atoms with Crippen molar-refractivity contribution in [1.29, 1.82) is 0 Å². The standard InChI is InChI=1S/C21H21N5O3/c1-13(14-8-10-16(11-9-14)23-20(28)15-6-7-15)22-19(27)12-26-21(29)17-4-2-3-5-18(17)24-25-26/h2-5,8-11,13,15H,6-7,12H2,1H3,(H,22,27)(H,23,28). The number of carbonyl (C=O) groups is 2. The number of nitrogens with zero attached hydrogens (tertiary/aromatic N) is 3. The van der Waals surface area contributed by atoms with Crippen LogP contribution in [0.4, 0.5) is 5.69 Å². The highest BCUT2D eigenvalue weighted by molar-refractivity contribution is 5.94. The molecule has 8 heteroatoms. The summed E-state index contributed by atoms with van der Waals surface area (Å²) in [4.78, 5) is 36.6. The van der Waals surface area contributed by atoms with Crippen molar-refractivity contribution in [3.8, 4) is 0 Å². The summed E-state index contributed by atoms with van der Waals surface area (Å²) in [5.74, 6) is -0.133. The van der Waals surface area contributed by atoms with E-state index in [0.29, 0.717) is 10.9 Å². The molecule has 1 aliphatic rings. The summed E-state index contributed by atoms with van der Waals surface area (Å²) >= 11 is 0. The van der Waals surface area contributed by atoms with Gasteiger partial charge in [0.2, 0.25) is 11.8 Å². The number of benzene rings is 2. The molecule has 1 unspecified atom stereocenters. The molecule has 0 radical (unpaired) electrons. The van der Waals surface area contributed by atoms with Gasteiger partial charge in [0.05, 0.1) is 11.4 Å². The molecule has 1 heterocycles. The van der Waals surface area contributed by atoms with Crippen LogP contribution in [0.1, 0.15) is 31.4 Å². The van der Waals surface area contributed by atoms with E-state index in [-0.39, 0.29) is 35.9 Å². The average Bonchev–Trinajstić information content (AvgIpc) is 3.56. The highest BCUT2D eigenvalue weighted by atomic mass is 16.2. The van der Waals surface area contributed by atoms with Gasteiger partial charge in [0.1, 0.15) is 12.1 Å². The SMILES string of the molecule is CC(NC(=O)Cn1nnc2ccccc2c1=O)c1ccc(NC(=O)C2CC2)cc1. The van der Waals surface area contributed by atoms with Crippen molar-refractivity contribution in [1.82, 2.24) is 20.3 Å². The van der Waals surface area contributed by atoms with Crippen LogP contribution in [-0.4, -0.2) is 26.8 Å². The van der Waals surface area contributed by atoms with Crippen LogP contribution < -0.4 is 16.2 Å². The number of hydrogen-bond donors (Lipinski definition) is 2. The van der Waals surface area contributed by atoms with Crippen LogP contribution in [0.3, 0.4) is 0 Å². The minimum Gasteiger partial charge on any atom is -0.348 e. The van der Waals surface area contributed by atoms with Crippen LogP contribution in [0.2, 0.25) is 0 Å². The fourth-order valence-corrected chi connectivity index (χ4v) is 3.08. The Bertz CT molecular complexity index is 1120. The Hall–Kier alpha value is -3.55. The van der Waals surface area contributed by atoms with Crippen molar-refractivity contribution in [2.24, 2.45) is 5.92 Å². The number of carbonyl (C=O) groups excluding carboxylic acids is 2. The second-order valence-corrected chi connectivity index (χ2v) is 7.24. The van der Waals surface area contributed by atoms with Gasteiger partial charge in [-0.3, -0.25) is 14.4 Å². The molecule has 2 aromatic carbocycles. The van der Waals surface area contributed by atoms with Crippen LogP contribution in [0.25, 0.3) is 10.9 Å². The summed E-state index contributed by atoms with van der Waals surface area (Å²) in [5, 5.41) is 14.0. The average molecular weight is 391 g/mol. The fraction of sp³-hybridized carbons (Fsp3) is 0.286. The van der Waals surface area contributed by atoms with E-state index < -0.39 is 0 Å². The van der Waals surface area contributed by atoms with E-state index in [0.717, 1.165) is 28.8 Å². The van der Waals surface area contributed by atoms with E-state index in [9.17, 15) is 14.4 Å². The Morgan fingerprint density at radius 3 is 2.59 bits per heavy atom. The molecule has 2 amide bonds. The zero-order chi connectivity index (χ0) is 20.4. The molecule has 0 aliphatic heterocycles. The predicted octanol–water partition coefficient (Wildman–Crippen LogP) is 2.02. The van der Waals surface area contributed by atoms with E-state index in [4.69, 9.17) is 0 Å². The van der Waals surface area contributed by atoms with Gasteiger partial charge in [0.15, 0.2) is 0 Å². The van der Waals surface area contributed by atoms with Crippen molar-refractivity contribution >= 4 is 28.4 Å². The molecule has 3 aromatic rings. The summed E-state index contributed by atoms with van der Waals surface area (Å²) in [7, 11) is 0. The van der Waals surface area contributed by atoms with Gasteiger partial charge >= 0.3 is 0 Å². The van der Waals surface area contributed by atoms with Gasteiger partial charge in [0.25, 0.3) is 5.56 Å². The molecule has 29 heavy (non-hydrogen) atoms. The normalized spacial score (nSPS) is 14.4. The number of anilines is 1. The first-order valence-corrected chi connectivity index (χ1v) is 9.54. The molecule has 0 spiro atoms. The maximum atomic E-state index is 12.4. The van der Waals surface area contributed by atoms with Gasteiger partial charge < -0.3 is 10.6 Å². The molecule has 2 N–H and O–H groups in total. The lowest BCUT2D eigenvalue weighted by Crippen LogP contribution is -2.35. The minimum atomic E-state index is -0.353. The first kappa shape index (κ1) is 18.8. The van der Waals surface area contributed by atoms with E-state index >= 15 is 0 Å². The molecule has 0 bridgehead atoms. The van der Waals surface area contributed by atoms with Gasteiger partial charge in [-0.1, -0.05) is 29.5 Å². The van der Waals surface area contributed by atoms with Gasteiger partial charge in [0, 0.05) is 11.6 Å². The second kappa shape index (κ2) is 7.83. The lowest BCUT2D eigenvalue weighted by Gasteiger charge is -2.15. The first-order valence-electron chi connectivity index (χ1n) is 9.54. The van der Waals surface area contributed by atoms with Crippen molar-refractivity contribution in [3.05, 3.63) is 64.4 Å². The molecule has 0 saturated heterocycles. The van der Waals surface area contributed by atoms with Crippen LogP contribution in [-0.2, 0) is 16.1 Å². The largest absolute Gasteiger partial charge is 0.348 e. The number of fused-ring (bicyclic) bond motifs is 1. The van der Waals surface area contributed by atoms with Crippen molar-refractivity contribution in [3.63, 3.8) is 0 Å². The van der Waals surface area contributed by atoms with Crippen molar-refractivity contribution in [2.45, 2.75) is 32.4 Å². The summed E-state index contributed by atoms with van der Waals surface area (Å²) in [6, 6.07) is 14.0. The molecular weight excluding hydrogens is 370 g/mol. The highest BCUT2D eigenvalue weighted by Crippen LogP contribution is 2.30. The number of amides is 2. The number of nitrogens with one attached hydrogen (secondary N) is 2. The van der Waals surface area contributed by atoms with Crippen molar-refractivity contribution < 1.29 is 9.59 Å². The Labute approximate surface area is 166 Å². The molecule has 8 nitrogen and oxygen atoms in total. The van der Waals surface area contributed by atoms with Crippen LogP contribution in [0.15, 0.2) is 53.3 Å². The van der Waals surface area contributed by atoms with Crippen LogP contribution in [0, 0.1) is 5.92 Å². The van der Waals surface area contributed by atoms with Crippen molar-refractivity contribution in [2.75, 3.05) is 5.32 Å². The minimum absolute atomic E-state index is 0.0565. The van der Waals surface area contributed by atoms with Gasteiger partial charge in [-0.05, 0) is 49.6 Å². The van der Waals surface area contributed by atoms with Gasteiger partial charge in [-0.25, -0.2) is 4.68 Å². The van der Waals surface area contributed by atoms with E-state index in [1.165, 1.54) is 0 Å². The fourth-order valence-electron chi connectivity index (χ4n) is 3.08. The smallest absolute Gasteiger partial charge is 0.278 e. The van der Waals surface area contributed by atoms with E-state index in [2.05, 4.69) is 20.9 Å². The summed E-state index contributed by atoms with van der Waals surface area (Å²) in [6.07, 6.45) is 1.91. The molecule has 1 aliphatic carbocycles. The third kappa shape index (κ3) is 4.31. The molecule has 1 saturated carbocycles. The number of hydrogen-bond acceptors (Lipinski definition) is 5. The third-order valence-corrected chi connectivity index (χ3v) is 4.93. The van der Waals surface area contributed by atoms with E-state index in [1.54, 1.807) is 24.3 Å². The quantitative estimate of drug-likeness (QED) is 0.669. The zero-order valence-electron chi connectivity index (χ0n) is 16.0. The van der Waals surface area contributed by atoms with Crippen LogP contribution in [0.5, 0.6) is 0 Å². The summed E-state index contributed by atoms with van der Waals surface area (Å²) in [5.41, 5.74) is 1.77. The van der Waals surface area contributed by atoms with Gasteiger partial charge in [-0.2, -0.15) is 0 Å². The Morgan fingerprint density at radius 2 is 1.86 bits per heavy atom. The first-order chi connectivity index (χ1) is 14.0. The summed E-state index contributed by atoms with van der Waals surface area (Å²) < 4.78 is 1.06. The van der Waals surface area contributed by atoms with E-state index in [1.807, 2.05) is 31.2 Å². The summed E-state index contributed by atoms with van der Waals surface area (Å²) in [6.45, 7) is 1.64. The lowest BCUT2D eigenvalue weighted by molar-refractivity contribution is -0.122. The van der Waals surface area contributed by atoms with Gasteiger partial charge in [-0.15, -0.1) is 5.10 Å². The molecular formula is C21H21N5O3. The Kier molecular flexibility index (Phi) is 5.07. The molecule has 148 valence electrons. The second-order valence-electron chi connectivity index (χ2n) is 7.24.